The van der Waals surface area contributed by atoms with E-state index in [4.69, 9.17) is 0 Å². The van der Waals surface area contributed by atoms with Gasteiger partial charge < -0.3 is 10.2 Å². The van der Waals surface area contributed by atoms with Gasteiger partial charge in [-0.15, -0.1) is 0 Å². The zero-order chi connectivity index (χ0) is 27.6. The second-order valence-corrected chi connectivity index (χ2v) is 14.3. The number of Topliss-reactive ketones (excluding diaryl/α,β-unsaturated/α-hetero) is 3. The third-order valence-electron chi connectivity index (χ3n) is 11.1. The van der Waals surface area contributed by atoms with Gasteiger partial charge in [0.2, 0.25) is 0 Å². The Kier molecular flexibility index (Phi) is 5.18. The lowest BCUT2D eigenvalue weighted by Crippen LogP contribution is -2.49. The normalized spacial score (nSPS) is 53.8. The molecule has 4 fully saturated rings. The summed E-state index contributed by atoms with van der Waals surface area (Å²) in [6.07, 6.45) is 23.1. The van der Waals surface area contributed by atoms with E-state index in [0.717, 1.165) is 0 Å². The third kappa shape index (κ3) is 3.55. The van der Waals surface area contributed by atoms with Gasteiger partial charge in [-0.3, -0.25) is 14.4 Å². The van der Waals surface area contributed by atoms with E-state index in [2.05, 4.69) is 38.2 Å². The lowest BCUT2D eigenvalue weighted by molar-refractivity contribution is -0.137. The number of fused-ring (bicyclic) bond motifs is 12. The lowest BCUT2D eigenvalue weighted by Gasteiger charge is -2.46. The molecule has 5 nitrogen and oxygen atoms in total. The molecule has 0 amide bonds. The maximum absolute atomic E-state index is 14.4. The molecule has 204 valence electrons. The molecule has 7 aliphatic carbocycles. The van der Waals surface area contributed by atoms with Gasteiger partial charge in [-0.05, 0) is 49.4 Å². The Labute approximate surface area is 230 Å². The van der Waals surface area contributed by atoms with Crippen LogP contribution >= 0.6 is 0 Å². The molecule has 0 aromatic heterocycles. The predicted molar refractivity (Wildman–Crippen MR) is 147 cm³/mol. The molecular formula is C34H38O5. The van der Waals surface area contributed by atoms with Crippen molar-refractivity contribution in [1.29, 1.82) is 0 Å². The van der Waals surface area contributed by atoms with Crippen LogP contribution in [0.2, 0.25) is 0 Å². The van der Waals surface area contributed by atoms with Gasteiger partial charge in [0.25, 0.3) is 0 Å². The maximum atomic E-state index is 14.4. The Hall–Kier alpha value is -2.63. The van der Waals surface area contributed by atoms with E-state index >= 15 is 0 Å². The van der Waals surface area contributed by atoms with E-state index < -0.39 is 29.0 Å². The average Bonchev–Trinajstić information content (AvgIpc) is 3.21. The molecule has 14 unspecified atom stereocenters. The molecule has 7 aliphatic rings. The van der Waals surface area contributed by atoms with Gasteiger partial charge in [0.15, 0.2) is 0 Å². The van der Waals surface area contributed by atoms with Crippen LogP contribution in [0.4, 0.5) is 0 Å². The Morgan fingerprint density at radius 2 is 0.769 bits per heavy atom. The molecule has 7 rings (SSSR count). The molecule has 2 N–H and O–H groups in total. The minimum absolute atomic E-state index is 0.0844. The fraction of sp³-hybridized carbons (Fsp3) is 0.559. The lowest BCUT2D eigenvalue weighted by atomic mass is 9.55. The van der Waals surface area contributed by atoms with Crippen molar-refractivity contribution in [3.05, 3.63) is 72.9 Å². The minimum atomic E-state index is -1.14. The number of carbonyl (C=O) groups is 3. The van der Waals surface area contributed by atoms with Crippen LogP contribution < -0.4 is 0 Å². The Morgan fingerprint density at radius 1 is 0.487 bits per heavy atom. The van der Waals surface area contributed by atoms with Gasteiger partial charge >= 0.3 is 0 Å². The summed E-state index contributed by atoms with van der Waals surface area (Å²) < 4.78 is 0. The van der Waals surface area contributed by atoms with Crippen LogP contribution in [0.25, 0.3) is 0 Å². The Bertz CT molecular complexity index is 1160. The minimum Gasteiger partial charge on any atom is -0.382 e. The molecule has 0 aliphatic heterocycles. The summed E-state index contributed by atoms with van der Waals surface area (Å²) in [5.41, 5.74) is -2.46. The SMILES string of the molecule is CC1(C)C=CC2C(=O)C3C(C2C=C1)C1C(=O)C2C=CC(C)(O)C=CC2C1C1C(=O)C2C=CC(C)(O)C=CC2C31. The first-order valence-electron chi connectivity index (χ1n) is 14.5. The number of ketones is 3. The summed E-state index contributed by atoms with van der Waals surface area (Å²) in [7, 11) is 0. The summed E-state index contributed by atoms with van der Waals surface area (Å²) in [5, 5.41) is 21.5. The standard InChI is InChI=1S/C34H38O5/c1-32(2)11-5-17-20(6-12-32)29(35)26-23(17)27-25(19-8-14-34(4,39)15-9-21(19)30(27)36)28-24(26)18-7-13-33(3,38)16-10-22(18)31(28)37/h5-28,38-39H,1-4H3. The summed E-state index contributed by atoms with van der Waals surface area (Å²) in [6.45, 7) is 7.65. The number of carbonyl (C=O) groups excluding carboxylic acids is 3. The van der Waals surface area contributed by atoms with E-state index in [1.807, 2.05) is 24.3 Å². The molecule has 4 saturated carbocycles. The van der Waals surface area contributed by atoms with Crippen LogP contribution in [0, 0.1) is 76.4 Å². The largest absolute Gasteiger partial charge is 0.382 e. The van der Waals surface area contributed by atoms with Crippen LogP contribution in [-0.4, -0.2) is 38.8 Å². The Morgan fingerprint density at radius 3 is 1.15 bits per heavy atom. The smallest absolute Gasteiger partial charge is 0.144 e. The summed E-state index contributed by atoms with van der Waals surface area (Å²) in [4.78, 5) is 43.0. The van der Waals surface area contributed by atoms with Crippen molar-refractivity contribution in [1.82, 2.24) is 0 Å². The number of hydrogen-bond donors (Lipinski definition) is 2. The second-order valence-electron chi connectivity index (χ2n) is 14.3. The predicted octanol–water partition coefficient (Wildman–Crippen LogP) is 4.05. The van der Waals surface area contributed by atoms with Crippen molar-refractivity contribution in [2.75, 3.05) is 0 Å². The van der Waals surface area contributed by atoms with Crippen LogP contribution in [0.5, 0.6) is 0 Å². The summed E-state index contributed by atoms with van der Waals surface area (Å²) in [6, 6.07) is 0. The zero-order valence-corrected chi connectivity index (χ0v) is 23.0. The van der Waals surface area contributed by atoms with Crippen LogP contribution in [0.3, 0.4) is 0 Å². The number of rotatable bonds is 0. The van der Waals surface area contributed by atoms with Gasteiger partial charge in [-0.2, -0.15) is 0 Å². The van der Waals surface area contributed by atoms with Gasteiger partial charge in [-0.25, -0.2) is 0 Å². The highest BCUT2D eigenvalue weighted by Crippen LogP contribution is 2.67. The van der Waals surface area contributed by atoms with Crippen molar-refractivity contribution in [2.45, 2.75) is 38.9 Å². The molecule has 0 spiro atoms. The first-order chi connectivity index (χ1) is 18.3. The first-order valence-corrected chi connectivity index (χ1v) is 14.5. The monoisotopic (exact) mass is 526 g/mol. The molecule has 14 atom stereocenters. The van der Waals surface area contributed by atoms with Crippen molar-refractivity contribution >= 4 is 17.3 Å². The Balaban J connectivity index is 1.42. The molecule has 0 radical (unpaired) electrons. The second kappa shape index (κ2) is 7.98. The quantitative estimate of drug-likeness (QED) is 0.465. The van der Waals surface area contributed by atoms with Gasteiger partial charge in [-0.1, -0.05) is 86.8 Å². The molecule has 5 heteroatoms. The van der Waals surface area contributed by atoms with E-state index in [-0.39, 0.29) is 76.0 Å². The fourth-order valence-electron chi connectivity index (χ4n) is 9.47. The maximum Gasteiger partial charge on any atom is 0.144 e. The van der Waals surface area contributed by atoms with E-state index in [9.17, 15) is 24.6 Å². The van der Waals surface area contributed by atoms with E-state index in [0.29, 0.717) is 0 Å². The van der Waals surface area contributed by atoms with E-state index in [1.54, 1.807) is 38.2 Å². The topological polar surface area (TPSA) is 91.7 Å². The van der Waals surface area contributed by atoms with Crippen LogP contribution in [-0.2, 0) is 14.4 Å². The molecule has 0 saturated heterocycles. The van der Waals surface area contributed by atoms with Crippen molar-refractivity contribution < 1.29 is 24.6 Å². The molecule has 0 aromatic rings. The summed E-state index contributed by atoms with van der Waals surface area (Å²) >= 11 is 0. The van der Waals surface area contributed by atoms with Crippen molar-refractivity contribution in [2.24, 2.45) is 76.4 Å². The molecular weight excluding hydrogens is 488 g/mol. The van der Waals surface area contributed by atoms with Gasteiger partial charge in [0.05, 0.1) is 11.2 Å². The van der Waals surface area contributed by atoms with Gasteiger partial charge in [0.1, 0.15) is 17.3 Å². The number of aliphatic hydroxyl groups is 2. The van der Waals surface area contributed by atoms with Crippen LogP contribution in [0.15, 0.2) is 72.9 Å². The molecule has 39 heavy (non-hydrogen) atoms. The van der Waals surface area contributed by atoms with E-state index in [1.165, 1.54) is 0 Å². The fourth-order valence-corrected chi connectivity index (χ4v) is 9.47. The highest BCUT2D eigenvalue weighted by atomic mass is 16.3. The zero-order valence-electron chi connectivity index (χ0n) is 23.0. The van der Waals surface area contributed by atoms with Crippen molar-refractivity contribution in [3.8, 4) is 0 Å². The van der Waals surface area contributed by atoms with Crippen molar-refractivity contribution in [3.63, 3.8) is 0 Å². The average molecular weight is 527 g/mol. The highest BCUT2D eigenvalue weighted by Gasteiger charge is 2.71. The summed E-state index contributed by atoms with van der Waals surface area (Å²) in [5.74, 6) is -3.04. The molecule has 0 bridgehead atoms. The highest BCUT2D eigenvalue weighted by molar-refractivity contribution is 5.98. The first kappa shape index (κ1) is 25.3. The molecule has 0 aromatic carbocycles. The molecule has 0 heterocycles. The number of hydrogen-bond acceptors (Lipinski definition) is 5. The van der Waals surface area contributed by atoms with Gasteiger partial charge in [0, 0.05) is 40.9 Å². The van der Waals surface area contributed by atoms with Crippen LogP contribution in [0.1, 0.15) is 27.7 Å². The number of allylic oxidation sites excluding steroid dienone is 8. The third-order valence-corrected chi connectivity index (χ3v) is 11.1.